The van der Waals surface area contributed by atoms with Gasteiger partial charge in [-0.3, -0.25) is 4.79 Å². The highest BCUT2D eigenvalue weighted by Gasteiger charge is 2.15. The molecule has 0 bridgehead atoms. The molecule has 0 aliphatic carbocycles. The average Bonchev–Trinajstić information content (AvgIpc) is 3.08. The van der Waals surface area contributed by atoms with Gasteiger partial charge in [0.25, 0.3) is 0 Å². The maximum atomic E-state index is 10.9. The molecule has 0 aromatic carbocycles. The van der Waals surface area contributed by atoms with Crippen molar-refractivity contribution in [2.45, 2.75) is 80.7 Å². The van der Waals surface area contributed by atoms with Crippen molar-refractivity contribution in [3.8, 4) is 0 Å². The predicted molar refractivity (Wildman–Crippen MR) is 102 cm³/mol. The van der Waals surface area contributed by atoms with Gasteiger partial charge in [-0.05, 0) is 26.3 Å². The van der Waals surface area contributed by atoms with Gasteiger partial charge >= 0.3 is 0 Å². The number of aliphatic hydroxyl groups excluding tert-OH is 1. The molecule has 1 atom stereocenters. The van der Waals surface area contributed by atoms with Gasteiger partial charge in [0.1, 0.15) is 12.6 Å². The lowest BCUT2D eigenvalue weighted by Crippen LogP contribution is -2.24. The second kappa shape index (κ2) is 50.1. The van der Waals surface area contributed by atoms with Crippen LogP contribution < -0.4 is 5.32 Å². The first-order valence-corrected chi connectivity index (χ1v) is 7.80. The zero-order chi connectivity index (χ0) is 18.1. The van der Waals surface area contributed by atoms with Crippen LogP contribution in [0.25, 0.3) is 0 Å². The van der Waals surface area contributed by atoms with Crippen molar-refractivity contribution in [3.05, 3.63) is 12.7 Å². The standard InChI is InChI=1S/C8H15NO.C3H6.2C2H6.CH4O.CH2O.CH4/c1-2-8(10)6-7-4-3-5-9-7;1-3-2;4*1-2;/h7,9H,2-6H2,1H3;3H,1H2,2H3;2*1-2H3;2H,1H3;1H2;1H4. The van der Waals surface area contributed by atoms with E-state index in [1.165, 1.54) is 12.8 Å². The second-order valence-electron chi connectivity index (χ2n) is 3.30. The maximum absolute atomic E-state index is 10.9. The van der Waals surface area contributed by atoms with Crippen LogP contribution >= 0.6 is 0 Å². The van der Waals surface area contributed by atoms with Crippen LogP contribution in [0.2, 0.25) is 0 Å². The lowest BCUT2D eigenvalue weighted by molar-refractivity contribution is -0.119. The third-order valence-corrected chi connectivity index (χ3v) is 2.03. The summed E-state index contributed by atoms with van der Waals surface area (Å²) in [6.07, 6.45) is 5.61. The minimum atomic E-state index is 0. The van der Waals surface area contributed by atoms with Gasteiger partial charge in [-0.15, -0.1) is 6.58 Å². The summed E-state index contributed by atoms with van der Waals surface area (Å²) in [6, 6.07) is 0.493. The Morgan fingerprint density at radius 2 is 1.59 bits per heavy atom. The van der Waals surface area contributed by atoms with E-state index < -0.39 is 0 Å². The molecular formula is C18H43NO3. The number of aliphatic hydroxyl groups is 1. The van der Waals surface area contributed by atoms with Crippen LogP contribution in [0.15, 0.2) is 12.7 Å². The molecule has 4 heteroatoms. The molecule has 22 heavy (non-hydrogen) atoms. The van der Waals surface area contributed by atoms with Crippen LogP contribution in [0, 0.1) is 0 Å². The van der Waals surface area contributed by atoms with Gasteiger partial charge in [0, 0.05) is 26.0 Å². The first-order chi connectivity index (χ1) is 10.2. The van der Waals surface area contributed by atoms with E-state index in [9.17, 15) is 4.79 Å². The van der Waals surface area contributed by atoms with Gasteiger partial charge in [0.05, 0.1) is 0 Å². The highest BCUT2D eigenvalue weighted by Crippen LogP contribution is 2.09. The number of nitrogens with one attached hydrogen (secondary N) is 1. The number of hydrogen-bond donors (Lipinski definition) is 2. The van der Waals surface area contributed by atoms with Crippen molar-refractivity contribution in [1.29, 1.82) is 0 Å². The Balaban J connectivity index is -0.0000000455. The summed E-state index contributed by atoms with van der Waals surface area (Å²) in [5, 5.41) is 10.3. The molecule has 1 fully saturated rings. The number of hydrogen-bond acceptors (Lipinski definition) is 4. The molecule has 0 saturated carbocycles. The van der Waals surface area contributed by atoms with Gasteiger partial charge in [-0.2, -0.15) is 0 Å². The first-order valence-electron chi connectivity index (χ1n) is 7.80. The molecular weight excluding hydrogens is 278 g/mol. The fourth-order valence-electron chi connectivity index (χ4n) is 1.35. The van der Waals surface area contributed by atoms with Crippen molar-refractivity contribution >= 4 is 12.6 Å². The molecule has 1 saturated heterocycles. The number of ketones is 1. The minimum absolute atomic E-state index is 0. The summed E-state index contributed by atoms with van der Waals surface area (Å²) in [5.41, 5.74) is 0. The molecule has 138 valence electrons. The molecule has 1 unspecified atom stereocenters. The number of rotatable bonds is 3. The van der Waals surface area contributed by atoms with E-state index in [0.717, 1.165) is 20.1 Å². The van der Waals surface area contributed by atoms with E-state index in [-0.39, 0.29) is 7.43 Å². The van der Waals surface area contributed by atoms with Crippen molar-refractivity contribution in [2.75, 3.05) is 13.7 Å². The van der Waals surface area contributed by atoms with Crippen molar-refractivity contribution in [3.63, 3.8) is 0 Å². The molecule has 0 aromatic heterocycles. The summed E-state index contributed by atoms with van der Waals surface area (Å²) in [7, 11) is 1.00. The predicted octanol–water partition coefficient (Wildman–Crippen LogP) is 4.41. The smallest absolute Gasteiger partial charge is 0.134 e. The molecule has 0 spiro atoms. The molecule has 0 radical (unpaired) electrons. The van der Waals surface area contributed by atoms with Crippen molar-refractivity contribution in [1.82, 2.24) is 5.32 Å². The summed E-state index contributed by atoms with van der Waals surface area (Å²) >= 11 is 0. The largest absolute Gasteiger partial charge is 0.400 e. The lowest BCUT2D eigenvalue weighted by Gasteiger charge is -2.06. The van der Waals surface area contributed by atoms with Crippen LogP contribution in [0.3, 0.4) is 0 Å². The topological polar surface area (TPSA) is 66.4 Å². The normalized spacial score (nSPS) is 13.0. The molecule has 4 nitrogen and oxygen atoms in total. The molecule has 1 rings (SSSR count). The van der Waals surface area contributed by atoms with E-state index in [0.29, 0.717) is 18.2 Å². The summed E-state index contributed by atoms with van der Waals surface area (Å²) < 4.78 is 0. The van der Waals surface area contributed by atoms with Crippen LogP contribution in [-0.2, 0) is 9.59 Å². The van der Waals surface area contributed by atoms with Crippen LogP contribution in [-0.4, -0.2) is 37.4 Å². The number of allylic oxidation sites excluding steroid dienone is 1. The Kier molecular flexibility index (Phi) is 85.1. The van der Waals surface area contributed by atoms with Gasteiger partial charge in [0.2, 0.25) is 0 Å². The minimum Gasteiger partial charge on any atom is -0.400 e. The Hall–Kier alpha value is -1.00. The van der Waals surface area contributed by atoms with Crippen LogP contribution in [0.5, 0.6) is 0 Å². The van der Waals surface area contributed by atoms with Crippen LogP contribution in [0.1, 0.15) is 74.7 Å². The Labute approximate surface area is 140 Å². The number of carbonyl (C=O) groups is 2. The molecule has 2 N–H and O–H groups in total. The molecule has 1 aliphatic rings. The third-order valence-electron chi connectivity index (χ3n) is 2.03. The van der Waals surface area contributed by atoms with E-state index in [4.69, 9.17) is 9.90 Å². The van der Waals surface area contributed by atoms with Gasteiger partial charge in [0.15, 0.2) is 0 Å². The average molecular weight is 322 g/mol. The third kappa shape index (κ3) is 42.8. The summed E-state index contributed by atoms with van der Waals surface area (Å²) in [6.45, 7) is 18.3. The zero-order valence-corrected chi connectivity index (χ0v) is 15.4. The lowest BCUT2D eigenvalue weighted by atomic mass is 10.1. The molecule has 0 aromatic rings. The quantitative estimate of drug-likeness (QED) is 0.756. The number of carbonyl (C=O) groups excluding carboxylic acids is 2. The van der Waals surface area contributed by atoms with Gasteiger partial charge < -0.3 is 15.2 Å². The SMILES string of the molecule is C.C=CC.C=O.CC.CC.CCC(=O)CC1CCCN1.CO. The van der Waals surface area contributed by atoms with Crippen molar-refractivity contribution < 1.29 is 14.7 Å². The van der Waals surface area contributed by atoms with Gasteiger partial charge in [-0.1, -0.05) is 48.1 Å². The zero-order valence-electron chi connectivity index (χ0n) is 15.4. The molecule has 1 heterocycles. The van der Waals surface area contributed by atoms with E-state index in [1.807, 2.05) is 48.3 Å². The highest BCUT2D eigenvalue weighted by atomic mass is 16.2. The fourth-order valence-corrected chi connectivity index (χ4v) is 1.35. The van der Waals surface area contributed by atoms with E-state index in [1.54, 1.807) is 6.08 Å². The molecule has 0 amide bonds. The summed E-state index contributed by atoms with van der Waals surface area (Å²) in [4.78, 5) is 18.9. The van der Waals surface area contributed by atoms with Crippen LogP contribution in [0.4, 0.5) is 0 Å². The Morgan fingerprint density at radius 3 is 1.82 bits per heavy atom. The first kappa shape index (κ1) is 37.3. The van der Waals surface area contributed by atoms with Gasteiger partial charge in [-0.25, -0.2) is 0 Å². The fraction of sp³-hybridized carbons (Fsp3) is 0.778. The molecule has 1 aliphatic heterocycles. The maximum Gasteiger partial charge on any atom is 0.134 e. The van der Waals surface area contributed by atoms with Crippen molar-refractivity contribution in [2.24, 2.45) is 0 Å². The van der Waals surface area contributed by atoms with E-state index >= 15 is 0 Å². The highest BCUT2D eigenvalue weighted by molar-refractivity contribution is 5.78. The number of Topliss-reactive ketones (excluding diaryl/α,β-unsaturated/α-hetero) is 1. The monoisotopic (exact) mass is 321 g/mol. The second-order valence-corrected chi connectivity index (χ2v) is 3.30. The Morgan fingerprint density at radius 1 is 1.23 bits per heavy atom. The Bertz CT molecular complexity index is 168. The van der Waals surface area contributed by atoms with E-state index in [2.05, 4.69) is 11.9 Å². The summed E-state index contributed by atoms with van der Waals surface area (Å²) in [5.74, 6) is 0.388.